The predicted molar refractivity (Wildman–Crippen MR) is 82.8 cm³/mol. The molecule has 1 aromatic heterocycles. The zero-order valence-corrected chi connectivity index (χ0v) is 13.2. The minimum absolute atomic E-state index is 0.408. The maximum absolute atomic E-state index is 6.54. The largest absolute Gasteiger partial charge is 0.145 e. The predicted octanol–water partition coefficient (Wildman–Crippen LogP) is 5.68. The molecule has 0 bridgehead atoms. The third-order valence-corrected chi connectivity index (χ3v) is 6.05. The normalized spacial score (nSPS) is 28.5. The van der Waals surface area contributed by atoms with Crippen LogP contribution < -0.4 is 0 Å². The SMILES string of the molecule is CCCC1CCC(Cl)C(Cc2ccc(CC)s2)C1. The summed E-state index contributed by atoms with van der Waals surface area (Å²) in [6, 6.07) is 4.60. The van der Waals surface area contributed by atoms with Crippen molar-refractivity contribution in [2.75, 3.05) is 0 Å². The van der Waals surface area contributed by atoms with Crippen molar-refractivity contribution in [3.05, 3.63) is 21.9 Å². The lowest BCUT2D eigenvalue weighted by atomic mass is 9.77. The topological polar surface area (TPSA) is 0 Å². The van der Waals surface area contributed by atoms with Gasteiger partial charge in [0, 0.05) is 15.1 Å². The van der Waals surface area contributed by atoms with Crippen LogP contribution in [0.4, 0.5) is 0 Å². The summed E-state index contributed by atoms with van der Waals surface area (Å²) in [6.45, 7) is 4.53. The second kappa shape index (κ2) is 6.96. The standard InChI is InChI=1S/C16H25ClS/c1-3-5-12-6-9-16(17)13(10-12)11-15-8-7-14(4-2)18-15/h7-8,12-13,16H,3-6,9-11H2,1-2H3. The van der Waals surface area contributed by atoms with Crippen LogP contribution in [-0.4, -0.2) is 5.38 Å². The molecular formula is C16H25ClS. The number of thiophene rings is 1. The number of halogens is 1. The molecule has 1 fully saturated rings. The molecule has 1 aliphatic carbocycles. The Balaban J connectivity index is 1.93. The van der Waals surface area contributed by atoms with Crippen LogP contribution in [0, 0.1) is 11.8 Å². The van der Waals surface area contributed by atoms with Gasteiger partial charge < -0.3 is 0 Å². The van der Waals surface area contributed by atoms with Crippen molar-refractivity contribution in [2.24, 2.45) is 11.8 Å². The number of hydrogen-bond donors (Lipinski definition) is 0. The molecule has 0 amide bonds. The fourth-order valence-electron chi connectivity index (χ4n) is 3.19. The summed E-state index contributed by atoms with van der Waals surface area (Å²) < 4.78 is 0. The Morgan fingerprint density at radius 1 is 1.22 bits per heavy atom. The quantitative estimate of drug-likeness (QED) is 0.611. The molecule has 0 nitrogen and oxygen atoms in total. The summed E-state index contributed by atoms with van der Waals surface area (Å²) in [6.07, 6.45) is 9.01. The summed E-state index contributed by atoms with van der Waals surface area (Å²) in [5.74, 6) is 1.64. The Labute approximate surface area is 121 Å². The molecule has 3 unspecified atom stereocenters. The van der Waals surface area contributed by atoms with Gasteiger partial charge in [0.2, 0.25) is 0 Å². The van der Waals surface area contributed by atoms with Crippen LogP contribution in [0.5, 0.6) is 0 Å². The first-order valence-electron chi connectivity index (χ1n) is 7.44. The highest BCUT2D eigenvalue weighted by molar-refractivity contribution is 7.11. The van der Waals surface area contributed by atoms with Crippen LogP contribution in [0.1, 0.15) is 55.7 Å². The zero-order valence-electron chi connectivity index (χ0n) is 11.6. The lowest BCUT2D eigenvalue weighted by Crippen LogP contribution is -2.26. The molecule has 1 aliphatic rings. The molecule has 0 N–H and O–H groups in total. The minimum atomic E-state index is 0.408. The second-order valence-corrected chi connectivity index (χ2v) is 7.48. The fraction of sp³-hybridized carbons (Fsp3) is 0.750. The molecule has 1 aromatic rings. The van der Waals surface area contributed by atoms with Crippen molar-refractivity contribution in [1.29, 1.82) is 0 Å². The Kier molecular flexibility index (Phi) is 5.56. The van der Waals surface area contributed by atoms with E-state index in [1.807, 2.05) is 11.3 Å². The van der Waals surface area contributed by atoms with Gasteiger partial charge in [0.15, 0.2) is 0 Å². The number of rotatable bonds is 5. The maximum atomic E-state index is 6.54. The molecule has 102 valence electrons. The van der Waals surface area contributed by atoms with Crippen molar-refractivity contribution < 1.29 is 0 Å². The third-order valence-electron chi connectivity index (χ3n) is 4.22. The fourth-order valence-corrected chi connectivity index (χ4v) is 4.56. The van der Waals surface area contributed by atoms with Gasteiger partial charge in [-0.3, -0.25) is 0 Å². The van der Waals surface area contributed by atoms with Crippen molar-refractivity contribution in [2.45, 2.75) is 64.2 Å². The average Bonchev–Trinajstić information content (AvgIpc) is 2.81. The lowest BCUT2D eigenvalue weighted by molar-refractivity contribution is 0.258. The van der Waals surface area contributed by atoms with Crippen molar-refractivity contribution in [3.8, 4) is 0 Å². The minimum Gasteiger partial charge on any atom is -0.145 e. The summed E-state index contributed by atoms with van der Waals surface area (Å²) in [7, 11) is 0. The molecule has 1 heterocycles. The van der Waals surface area contributed by atoms with Crippen LogP contribution in [0.25, 0.3) is 0 Å². The van der Waals surface area contributed by atoms with Gasteiger partial charge in [0.25, 0.3) is 0 Å². The zero-order chi connectivity index (χ0) is 13.0. The Morgan fingerprint density at radius 3 is 2.67 bits per heavy atom. The van der Waals surface area contributed by atoms with E-state index in [4.69, 9.17) is 11.6 Å². The van der Waals surface area contributed by atoms with E-state index in [-0.39, 0.29) is 0 Å². The van der Waals surface area contributed by atoms with Crippen LogP contribution in [0.2, 0.25) is 0 Å². The van der Waals surface area contributed by atoms with Gasteiger partial charge in [-0.2, -0.15) is 0 Å². The highest BCUT2D eigenvalue weighted by Gasteiger charge is 2.29. The Morgan fingerprint density at radius 2 is 2.00 bits per heavy atom. The van der Waals surface area contributed by atoms with Crippen molar-refractivity contribution in [3.63, 3.8) is 0 Å². The monoisotopic (exact) mass is 284 g/mol. The molecule has 0 radical (unpaired) electrons. The molecule has 2 heteroatoms. The van der Waals surface area contributed by atoms with Gasteiger partial charge in [-0.1, -0.05) is 26.7 Å². The van der Waals surface area contributed by atoms with E-state index < -0.39 is 0 Å². The summed E-state index contributed by atoms with van der Waals surface area (Å²) in [5, 5.41) is 0.408. The number of alkyl halides is 1. The number of hydrogen-bond acceptors (Lipinski definition) is 1. The summed E-state index contributed by atoms with van der Waals surface area (Å²) >= 11 is 8.53. The van der Waals surface area contributed by atoms with Crippen LogP contribution in [-0.2, 0) is 12.8 Å². The second-order valence-electron chi connectivity index (χ2n) is 5.67. The smallest absolute Gasteiger partial charge is 0.0367 e. The number of aryl methyl sites for hydroxylation is 1. The van der Waals surface area contributed by atoms with Crippen LogP contribution in [0.3, 0.4) is 0 Å². The first kappa shape index (κ1) is 14.4. The lowest BCUT2D eigenvalue weighted by Gasteiger charge is -2.32. The molecule has 0 aromatic carbocycles. The average molecular weight is 285 g/mol. The van der Waals surface area contributed by atoms with E-state index in [0.717, 1.165) is 12.3 Å². The third kappa shape index (κ3) is 3.74. The van der Waals surface area contributed by atoms with E-state index in [9.17, 15) is 0 Å². The van der Waals surface area contributed by atoms with Gasteiger partial charge in [-0.05, 0) is 56.1 Å². The van der Waals surface area contributed by atoms with Crippen molar-refractivity contribution >= 4 is 22.9 Å². The van der Waals surface area contributed by atoms with E-state index in [2.05, 4.69) is 26.0 Å². The van der Waals surface area contributed by atoms with E-state index in [1.165, 1.54) is 43.4 Å². The van der Waals surface area contributed by atoms with E-state index in [1.54, 1.807) is 4.88 Å². The summed E-state index contributed by atoms with van der Waals surface area (Å²) in [4.78, 5) is 3.05. The highest BCUT2D eigenvalue weighted by Crippen LogP contribution is 2.37. The van der Waals surface area contributed by atoms with E-state index in [0.29, 0.717) is 11.3 Å². The van der Waals surface area contributed by atoms with Gasteiger partial charge in [0.1, 0.15) is 0 Å². The molecule has 1 saturated carbocycles. The Hall–Kier alpha value is -0.0100. The van der Waals surface area contributed by atoms with Crippen LogP contribution >= 0.6 is 22.9 Å². The molecule has 0 aliphatic heterocycles. The van der Waals surface area contributed by atoms with Gasteiger partial charge in [0.05, 0.1) is 0 Å². The molecule has 18 heavy (non-hydrogen) atoms. The Bertz CT molecular complexity index is 358. The van der Waals surface area contributed by atoms with E-state index >= 15 is 0 Å². The molecule has 0 saturated heterocycles. The first-order valence-corrected chi connectivity index (χ1v) is 8.69. The maximum Gasteiger partial charge on any atom is 0.0367 e. The molecule has 3 atom stereocenters. The first-order chi connectivity index (χ1) is 8.72. The van der Waals surface area contributed by atoms with Crippen molar-refractivity contribution in [1.82, 2.24) is 0 Å². The van der Waals surface area contributed by atoms with Gasteiger partial charge >= 0.3 is 0 Å². The van der Waals surface area contributed by atoms with Gasteiger partial charge in [-0.15, -0.1) is 22.9 Å². The molecular weight excluding hydrogens is 260 g/mol. The molecule has 2 rings (SSSR count). The molecule has 0 spiro atoms. The summed E-state index contributed by atoms with van der Waals surface area (Å²) in [5.41, 5.74) is 0. The van der Waals surface area contributed by atoms with Gasteiger partial charge in [-0.25, -0.2) is 0 Å². The highest BCUT2D eigenvalue weighted by atomic mass is 35.5. The van der Waals surface area contributed by atoms with Crippen LogP contribution in [0.15, 0.2) is 12.1 Å².